The van der Waals surface area contributed by atoms with Crippen molar-refractivity contribution < 1.29 is 8.78 Å². The van der Waals surface area contributed by atoms with Crippen molar-refractivity contribution in [2.45, 2.75) is 13.0 Å². The maximum Gasteiger partial charge on any atom is 0.145 e. The summed E-state index contributed by atoms with van der Waals surface area (Å²) in [5.41, 5.74) is 5.76. The highest BCUT2D eigenvalue weighted by molar-refractivity contribution is 9.10. The fraction of sp³-hybridized carbons (Fsp3) is 0.250. The Kier molecular flexibility index (Phi) is 2.80. The molecule has 12 heavy (non-hydrogen) atoms. The molecule has 0 bridgehead atoms. The van der Waals surface area contributed by atoms with E-state index < -0.39 is 17.7 Å². The number of nitrogens with two attached hydrogens (primary N) is 1. The predicted octanol–water partition coefficient (Wildman–Crippen LogP) is 2.75. The normalized spacial score (nSPS) is 13.1. The lowest BCUT2D eigenvalue weighted by molar-refractivity contribution is 0.551. The molecule has 2 N–H and O–H groups in total. The van der Waals surface area contributed by atoms with Crippen molar-refractivity contribution >= 4 is 15.9 Å². The predicted molar refractivity (Wildman–Crippen MR) is 46.7 cm³/mol. The van der Waals surface area contributed by atoms with Gasteiger partial charge in [-0.3, -0.25) is 0 Å². The molecule has 0 radical (unpaired) electrons. The Morgan fingerprint density at radius 2 is 2.00 bits per heavy atom. The van der Waals surface area contributed by atoms with Crippen molar-refractivity contribution in [3.05, 3.63) is 33.8 Å². The summed E-state index contributed by atoms with van der Waals surface area (Å²) in [6.45, 7) is 1.64. The molecule has 0 saturated heterocycles. The van der Waals surface area contributed by atoms with E-state index in [-0.39, 0.29) is 4.47 Å². The Hall–Kier alpha value is -0.480. The van der Waals surface area contributed by atoms with Crippen LogP contribution in [0.25, 0.3) is 0 Å². The first-order valence-electron chi connectivity index (χ1n) is 3.43. The van der Waals surface area contributed by atoms with Crippen LogP contribution in [0.15, 0.2) is 16.6 Å². The molecule has 1 rings (SSSR count). The largest absolute Gasteiger partial charge is 0.324 e. The zero-order valence-electron chi connectivity index (χ0n) is 6.44. The van der Waals surface area contributed by atoms with Gasteiger partial charge in [0, 0.05) is 11.6 Å². The van der Waals surface area contributed by atoms with E-state index in [4.69, 9.17) is 5.73 Å². The molecule has 0 fully saturated rings. The van der Waals surface area contributed by atoms with Crippen molar-refractivity contribution in [3.63, 3.8) is 0 Å². The van der Waals surface area contributed by atoms with Crippen LogP contribution in [-0.4, -0.2) is 0 Å². The lowest BCUT2D eigenvalue weighted by Crippen LogP contribution is -2.08. The molecule has 1 aromatic carbocycles. The summed E-state index contributed by atoms with van der Waals surface area (Å²) in [4.78, 5) is 0. The van der Waals surface area contributed by atoms with Crippen LogP contribution in [0.5, 0.6) is 0 Å². The van der Waals surface area contributed by atoms with E-state index in [1.165, 1.54) is 12.1 Å². The molecular formula is C8H8BrF2N. The van der Waals surface area contributed by atoms with Crippen LogP contribution in [0.4, 0.5) is 8.78 Å². The molecule has 1 nitrogen and oxygen atoms in total. The lowest BCUT2D eigenvalue weighted by atomic mass is 10.1. The second-order valence-electron chi connectivity index (χ2n) is 2.55. The third kappa shape index (κ3) is 1.64. The second kappa shape index (κ2) is 3.49. The van der Waals surface area contributed by atoms with Gasteiger partial charge >= 0.3 is 0 Å². The summed E-state index contributed by atoms with van der Waals surface area (Å²) in [5, 5.41) is 0. The van der Waals surface area contributed by atoms with Gasteiger partial charge in [0.15, 0.2) is 0 Å². The Balaban J connectivity index is 3.27. The van der Waals surface area contributed by atoms with Crippen molar-refractivity contribution in [1.82, 2.24) is 0 Å². The van der Waals surface area contributed by atoms with Crippen LogP contribution >= 0.6 is 15.9 Å². The molecule has 66 valence electrons. The van der Waals surface area contributed by atoms with Crippen molar-refractivity contribution in [3.8, 4) is 0 Å². The fourth-order valence-electron chi connectivity index (χ4n) is 0.893. The number of benzene rings is 1. The molecule has 0 aliphatic rings. The quantitative estimate of drug-likeness (QED) is 0.745. The van der Waals surface area contributed by atoms with Gasteiger partial charge in [0.2, 0.25) is 0 Å². The van der Waals surface area contributed by atoms with Crippen LogP contribution < -0.4 is 5.73 Å². The van der Waals surface area contributed by atoms with Crippen molar-refractivity contribution in [2.24, 2.45) is 5.73 Å². The van der Waals surface area contributed by atoms with Gasteiger partial charge in [-0.15, -0.1) is 0 Å². The molecular weight excluding hydrogens is 228 g/mol. The molecule has 1 aromatic rings. The summed E-state index contributed by atoms with van der Waals surface area (Å²) in [6.07, 6.45) is 0. The van der Waals surface area contributed by atoms with Gasteiger partial charge in [-0.05, 0) is 28.9 Å². The van der Waals surface area contributed by atoms with Gasteiger partial charge in [-0.25, -0.2) is 8.78 Å². The average Bonchev–Trinajstić information content (AvgIpc) is 2.00. The highest BCUT2D eigenvalue weighted by atomic mass is 79.9. The van der Waals surface area contributed by atoms with Crippen LogP contribution in [0, 0.1) is 11.6 Å². The average molecular weight is 236 g/mol. The Bertz CT molecular complexity index is 299. The zero-order chi connectivity index (χ0) is 9.30. The number of hydrogen-bond acceptors (Lipinski definition) is 1. The minimum absolute atomic E-state index is 0.155. The highest BCUT2D eigenvalue weighted by Gasteiger charge is 2.13. The SMILES string of the molecule is CC(N)c1ccc(F)c(Br)c1F. The van der Waals surface area contributed by atoms with E-state index in [1.807, 2.05) is 0 Å². The molecule has 0 heterocycles. The molecule has 0 saturated carbocycles. The first-order chi connectivity index (χ1) is 5.54. The minimum atomic E-state index is -0.620. The zero-order valence-corrected chi connectivity index (χ0v) is 8.03. The lowest BCUT2D eigenvalue weighted by Gasteiger charge is -2.08. The van der Waals surface area contributed by atoms with Gasteiger partial charge < -0.3 is 5.73 Å². The van der Waals surface area contributed by atoms with E-state index in [1.54, 1.807) is 6.92 Å². The molecule has 0 spiro atoms. The summed E-state index contributed by atoms with van der Waals surface area (Å²) in [7, 11) is 0. The topological polar surface area (TPSA) is 26.0 Å². The van der Waals surface area contributed by atoms with E-state index in [2.05, 4.69) is 15.9 Å². The molecule has 0 aliphatic heterocycles. The van der Waals surface area contributed by atoms with Crippen LogP contribution in [0.3, 0.4) is 0 Å². The van der Waals surface area contributed by atoms with Crippen molar-refractivity contribution in [1.29, 1.82) is 0 Å². The second-order valence-corrected chi connectivity index (χ2v) is 3.35. The van der Waals surface area contributed by atoms with Crippen LogP contribution in [0.1, 0.15) is 18.5 Å². The maximum atomic E-state index is 13.1. The molecule has 1 unspecified atom stereocenters. The maximum absolute atomic E-state index is 13.1. The molecule has 4 heteroatoms. The highest BCUT2D eigenvalue weighted by Crippen LogP contribution is 2.25. The standard InChI is InChI=1S/C8H8BrF2N/c1-4(12)5-2-3-6(10)7(9)8(5)11/h2-4H,12H2,1H3. The van der Waals surface area contributed by atoms with E-state index >= 15 is 0 Å². The fourth-order valence-corrected chi connectivity index (χ4v) is 1.25. The smallest absolute Gasteiger partial charge is 0.145 e. The van der Waals surface area contributed by atoms with Gasteiger partial charge in [-0.1, -0.05) is 6.07 Å². The summed E-state index contributed by atoms with van der Waals surface area (Å²) in [5.74, 6) is -1.23. The summed E-state index contributed by atoms with van der Waals surface area (Å²) < 4.78 is 25.7. The first kappa shape index (κ1) is 9.61. The summed E-state index contributed by atoms with van der Waals surface area (Å²) in [6, 6.07) is 2.10. The summed E-state index contributed by atoms with van der Waals surface area (Å²) >= 11 is 2.79. The van der Waals surface area contributed by atoms with Gasteiger partial charge in [0.05, 0.1) is 4.47 Å². The number of hydrogen-bond donors (Lipinski definition) is 1. The monoisotopic (exact) mass is 235 g/mol. The van der Waals surface area contributed by atoms with Crippen molar-refractivity contribution in [2.75, 3.05) is 0 Å². The van der Waals surface area contributed by atoms with E-state index in [9.17, 15) is 8.78 Å². The molecule has 0 aliphatic carbocycles. The molecule has 0 aromatic heterocycles. The first-order valence-corrected chi connectivity index (χ1v) is 4.22. The van der Waals surface area contributed by atoms with E-state index in [0.29, 0.717) is 5.56 Å². The number of rotatable bonds is 1. The number of halogens is 3. The van der Waals surface area contributed by atoms with Crippen LogP contribution in [-0.2, 0) is 0 Å². The van der Waals surface area contributed by atoms with Gasteiger partial charge in [0.25, 0.3) is 0 Å². The Morgan fingerprint density at radius 3 is 2.50 bits per heavy atom. The Labute approximate surface area is 77.7 Å². The van der Waals surface area contributed by atoms with E-state index in [0.717, 1.165) is 0 Å². The minimum Gasteiger partial charge on any atom is -0.324 e. The molecule has 1 atom stereocenters. The molecule has 0 amide bonds. The van der Waals surface area contributed by atoms with Gasteiger partial charge in [0.1, 0.15) is 11.6 Å². The Morgan fingerprint density at radius 1 is 1.42 bits per heavy atom. The van der Waals surface area contributed by atoms with Gasteiger partial charge in [-0.2, -0.15) is 0 Å². The third-order valence-electron chi connectivity index (χ3n) is 1.56. The van der Waals surface area contributed by atoms with Crippen LogP contribution in [0.2, 0.25) is 0 Å². The third-order valence-corrected chi connectivity index (χ3v) is 2.28.